The Hall–Kier alpha value is -0.610. The number of aliphatic hydroxyl groups is 1. The number of hydrogen-bond donors (Lipinski definition) is 2. The maximum atomic E-state index is 11.6. The normalized spacial score (nSPS) is 19.6. The zero-order valence-corrected chi connectivity index (χ0v) is 9.05. The van der Waals surface area contributed by atoms with Crippen molar-refractivity contribution in [3.8, 4) is 0 Å². The Morgan fingerprint density at radius 2 is 2.21 bits per heavy atom. The fourth-order valence-corrected chi connectivity index (χ4v) is 1.55. The van der Waals surface area contributed by atoms with Gasteiger partial charge in [-0.05, 0) is 0 Å². The van der Waals surface area contributed by atoms with Gasteiger partial charge in [-0.3, -0.25) is 4.79 Å². The molecule has 14 heavy (non-hydrogen) atoms. The van der Waals surface area contributed by atoms with E-state index in [1.807, 2.05) is 18.7 Å². The molecular weight excluding hydrogens is 180 g/mol. The second-order valence-corrected chi connectivity index (χ2v) is 4.64. The van der Waals surface area contributed by atoms with Crippen LogP contribution in [-0.4, -0.2) is 48.7 Å². The third kappa shape index (κ3) is 3.27. The highest BCUT2D eigenvalue weighted by Crippen LogP contribution is 2.16. The molecule has 0 spiro atoms. The maximum absolute atomic E-state index is 11.6. The molecule has 1 aliphatic rings. The molecule has 4 heteroatoms. The number of rotatable bonds is 3. The average molecular weight is 200 g/mol. The van der Waals surface area contributed by atoms with Gasteiger partial charge in [-0.1, -0.05) is 13.8 Å². The summed E-state index contributed by atoms with van der Waals surface area (Å²) >= 11 is 0. The standard InChI is InChI=1S/C10H20N2O2/c1-10(2,8-13)7-12-6-5-11-4-3-9(12)14/h11,13H,3-8H2,1-2H3. The van der Waals surface area contributed by atoms with E-state index in [9.17, 15) is 4.79 Å². The minimum Gasteiger partial charge on any atom is -0.396 e. The fourth-order valence-electron chi connectivity index (χ4n) is 1.55. The lowest BCUT2D eigenvalue weighted by Gasteiger charge is -2.30. The molecular formula is C10H20N2O2. The van der Waals surface area contributed by atoms with Gasteiger partial charge in [0.25, 0.3) is 0 Å². The molecule has 2 N–H and O–H groups in total. The number of nitrogens with one attached hydrogen (secondary N) is 1. The predicted octanol–water partition coefficient (Wildman–Crippen LogP) is -0.173. The quantitative estimate of drug-likeness (QED) is 0.665. The zero-order chi connectivity index (χ0) is 10.6. The van der Waals surface area contributed by atoms with Gasteiger partial charge in [-0.15, -0.1) is 0 Å². The first-order valence-corrected chi connectivity index (χ1v) is 5.14. The van der Waals surface area contributed by atoms with Crippen LogP contribution in [0.1, 0.15) is 20.3 Å². The molecule has 4 nitrogen and oxygen atoms in total. The summed E-state index contributed by atoms with van der Waals surface area (Å²) in [7, 11) is 0. The van der Waals surface area contributed by atoms with E-state index in [-0.39, 0.29) is 17.9 Å². The van der Waals surface area contributed by atoms with Crippen LogP contribution in [0.2, 0.25) is 0 Å². The average Bonchev–Trinajstić information content (AvgIpc) is 2.32. The van der Waals surface area contributed by atoms with E-state index in [0.717, 1.165) is 19.6 Å². The van der Waals surface area contributed by atoms with Gasteiger partial charge in [-0.2, -0.15) is 0 Å². The lowest BCUT2D eigenvalue weighted by Crippen LogP contribution is -2.41. The topological polar surface area (TPSA) is 52.6 Å². The van der Waals surface area contributed by atoms with E-state index in [4.69, 9.17) is 5.11 Å². The van der Waals surface area contributed by atoms with Crippen LogP contribution < -0.4 is 5.32 Å². The van der Waals surface area contributed by atoms with Crippen LogP contribution in [0, 0.1) is 5.41 Å². The van der Waals surface area contributed by atoms with Crippen molar-refractivity contribution in [3.63, 3.8) is 0 Å². The molecule has 0 radical (unpaired) electrons. The van der Waals surface area contributed by atoms with Crippen LogP contribution >= 0.6 is 0 Å². The van der Waals surface area contributed by atoms with Crippen LogP contribution in [0.15, 0.2) is 0 Å². The molecule has 0 aromatic carbocycles. The van der Waals surface area contributed by atoms with Gasteiger partial charge in [0.15, 0.2) is 0 Å². The fraction of sp³-hybridized carbons (Fsp3) is 0.900. The van der Waals surface area contributed by atoms with Crippen molar-refractivity contribution in [1.29, 1.82) is 0 Å². The summed E-state index contributed by atoms with van der Waals surface area (Å²) in [5, 5.41) is 12.3. The lowest BCUT2D eigenvalue weighted by molar-refractivity contribution is -0.132. The Morgan fingerprint density at radius 1 is 1.50 bits per heavy atom. The molecule has 1 amide bonds. The van der Waals surface area contributed by atoms with Gasteiger partial charge in [0, 0.05) is 44.6 Å². The van der Waals surface area contributed by atoms with E-state index in [0.29, 0.717) is 13.0 Å². The Balaban J connectivity index is 2.52. The Morgan fingerprint density at radius 3 is 2.86 bits per heavy atom. The molecule has 82 valence electrons. The van der Waals surface area contributed by atoms with Crippen molar-refractivity contribution in [3.05, 3.63) is 0 Å². The molecule has 0 aromatic heterocycles. The molecule has 0 aromatic rings. The molecule has 0 unspecified atom stereocenters. The molecule has 0 saturated carbocycles. The molecule has 0 aliphatic carbocycles. The van der Waals surface area contributed by atoms with E-state index < -0.39 is 0 Å². The van der Waals surface area contributed by atoms with Crippen LogP contribution in [-0.2, 0) is 4.79 Å². The van der Waals surface area contributed by atoms with Gasteiger partial charge >= 0.3 is 0 Å². The van der Waals surface area contributed by atoms with E-state index in [1.165, 1.54) is 0 Å². The Kier molecular flexibility index (Phi) is 3.89. The SMILES string of the molecule is CC(C)(CO)CN1CCNCCC1=O. The van der Waals surface area contributed by atoms with E-state index in [2.05, 4.69) is 5.32 Å². The van der Waals surface area contributed by atoms with Gasteiger partial charge in [0.2, 0.25) is 5.91 Å². The second-order valence-electron chi connectivity index (χ2n) is 4.64. The van der Waals surface area contributed by atoms with E-state index >= 15 is 0 Å². The maximum Gasteiger partial charge on any atom is 0.223 e. The number of carbonyl (C=O) groups excluding carboxylic acids is 1. The lowest BCUT2D eigenvalue weighted by atomic mass is 9.94. The first-order valence-electron chi connectivity index (χ1n) is 5.14. The molecule has 0 atom stereocenters. The van der Waals surface area contributed by atoms with Crippen LogP contribution in [0.4, 0.5) is 0 Å². The minimum absolute atomic E-state index is 0.115. The molecule has 1 heterocycles. The zero-order valence-electron chi connectivity index (χ0n) is 9.05. The smallest absolute Gasteiger partial charge is 0.223 e. The molecule has 1 rings (SSSR count). The molecule has 1 fully saturated rings. The van der Waals surface area contributed by atoms with Crippen molar-refractivity contribution in [2.45, 2.75) is 20.3 Å². The number of carbonyl (C=O) groups is 1. The van der Waals surface area contributed by atoms with Crippen LogP contribution in [0.25, 0.3) is 0 Å². The number of aliphatic hydroxyl groups excluding tert-OH is 1. The highest BCUT2D eigenvalue weighted by Gasteiger charge is 2.24. The summed E-state index contributed by atoms with van der Waals surface area (Å²) in [4.78, 5) is 13.5. The molecule has 1 saturated heterocycles. The number of hydrogen-bond acceptors (Lipinski definition) is 3. The van der Waals surface area contributed by atoms with Gasteiger partial charge < -0.3 is 15.3 Å². The van der Waals surface area contributed by atoms with Gasteiger partial charge in [0.05, 0.1) is 0 Å². The summed E-state index contributed by atoms with van der Waals surface area (Å²) in [6.07, 6.45) is 0.571. The molecule has 1 aliphatic heterocycles. The summed E-state index contributed by atoms with van der Waals surface area (Å²) < 4.78 is 0. The Bertz CT molecular complexity index is 204. The van der Waals surface area contributed by atoms with Crippen LogP contribution in [0.5, 0.6) is 0 Å². The van der Waals surface area contributed by atoms with E-state index in [1.54, 1.807) is 0 Å². The summed E-state index contributed by atoms with van der Waals surface area (Å²) in [6.45, 7) is 7.08. The summed E-state index contributed by atoms with van der Waals surface area (Å²) in [5.74, 6) is 0.191. The highest BCUT2D eigenvalue weighted by atomic mass is 16.3. The number of amides is 1. The van der Waals surface area contributed by atoms with Crippen LogP contribution in [0.3, 0.4) is 0 Å². The first kappa shape index (κ1) is 11.5. The highest BCUT2D eigenvalue weighted by molar-refractivity contribution is 5.76. The van der Waals surface area contributed by atoms with Crippen molar-refractivity contribution >= 4 is 5.91 Å². The molecule has 0 bridgehead atoms. The van der Waals surface area contributed by atoms with Crippen molar-refractivity contribution < 1.29 is 9.90 Å². The number of nitrogens with zero attached hydrogens (tertiary/aromatic N) is 1. The predicted molar refractivity (Wildman–Crippen MR) is 54.9 cm³/mol. The van der Waals surface area contributed by atoms with Crippen molar-refractivity contribution in [1.82, 2.24) is 10.2 Å². The third-order valence-electron chi connectivity index (χ3n) is 2.47. The summed E-state index contributed by atoms with van der Waals surface area (Å²) in [6, 6.07) is 0. The largest absolute Gasteiger partial charge is 0.396 e. The van der Waals surface area contributed by atoms with Crippen molar-refractivity contribution in [2.24, 2.45) is 5.41 Å². The third-order valence-corrected chi connectivity index (χ3v) is 2.47. The first-order chi connectivity index (χ1) is 6.55. The Labute approximate surface area is 85.3 Å². The summed E-state index contributed by atoms with van der Waals surface area (Å²) in [5.41, 5.74) is -0.194. The van der Waals surface area contributed by atoms with Gasteiger partial charge in [0.1, 0.15) is 0 Å². The second kappa shape index (κ2) is 4.75. The van der Waals surface area contributed by atoms with Crippen molar-refractivity contribution in [2.75, 3.05) is 32.8 Å². The minimum atomic E-state index is -0.194. The van der Waals surface area contributed by atoms with Gasteiger partial charge in [-0.25, -0.2) is 0 Å². The monoisotopic (exact) mass is 200 g/mol.